The van der Waals surface area contributed by atoms with Gasteiger partial charge in [-0.3, -0.25) is 0 Å². The van der Waals surface area contributed by atoms with Gasteiger partial charge in [0.1, 0.15) is 27.9 Å². The highest BCUT2D eigenvalue weighted by Crippen LogP contribution is 2.51. The van der Waals surface area contributed by atoms with Crippen LogP contribution < -0.4 is 0 Å². The number of hydrogen-bond acceptors (Lipinski definition) is 3. The van der Waals surface area contributed by atoms with Crippen LogP contribution in [0.15, 0.2) is 171 Å². The molecule has 3 heteroatoms. The summed E-state index contributed by atoms with van der Waals surface area (Å²) >= 11 is 0. The lowest BCUT2D eigenvalue weighted by atomic mass is 9.84. The lowest BCUT2D eigenvalue weighted by Crippen LogP contribution is -1.92. The Morgan fingerprint density at radius 2 is 0.878 bits per heavy atom. The molecule has 0 saturated heterocycles. The van der Waals surface area contributed by atoms with Crippen LogP contribution in [0.5, 0.6) is 0 Å². The first-order valence-corrected chi connectivity index (χ1v) is 16.6. The van der Waals surface area contributed by atoms with Crippen molar-refractivity contribution < 1.29 is 13.3 Å². The van der Waals surface area contributed by atoms with E-state index in [0.29, 0.717) is 0 Å². The number of rotatable bonds is 3. The molecule has 0 amide bonds. The quantitative estimate of drug-likeness (QED) is 0.183. The Kier molecular flexibility index (Phi) is 5.38. The van der Waals surface area contributed by atoms with E-state index in [2.05, 4.69) is 121 Å². The zero-order valence-corrected chi connectivity index (χ0v) is 26.2. The van der Waals surface area contributed by atoms with E-state index < -0.39 is 0 Å². The zero-order chi connectivity index (χ0) is 32.1. The molecule has 0 spiro atoms. The van der Waals surface area contributed by atoms with Crippen LogP contribution in [0.4, 0.5) is 0 Å². The normalized spacial score (nSPS) is 12.1. The van der Waals surface area contributed by atoms with Crippen LogP contribution in [0.3, 0.4) is 0 Å². The molecule has 228 valence electrons. The van der Waals surface area contributed by atoms with Gasteiger partial charge in [0, 0.05) is 43.6 Å². The first kappa shape index (κ1) is 26.5. The van der Waals surface area contributed by atoms with Gasteiger partial charge in [-0.15, -0.1) is 0 Å². The Morgan fingerprint density at radius 3 is 1.59 bits per heavy atom. The summed E-state index contributed by atoms with van der Waals surface area (Å²) in [5.41, 5.74) is 11.0. The molecule has 3 heterocycles. The van der Waals surface area contributed by atoms with Gasteiger partial charge in [-0.05, 0) is 68.6 Å². The van der Waals surface area contributed by atoms with Crippen molar-refractivity contribution in [2.24, 2.45) is 0 Å². The molecule has 0 aliphatic heterocycles. The highest BCUT2D eigenvalue weighted by molar-refractivity contribution is 6.30. The third-order valence-electron chi connectivity index (χ3n) is 10.1. The Bertz CT molecular complexity index is 3040. The van der Waals surface area contributed by atoms with Gasteiger partial charge in [-0.2, -0.15) is 0 Å². The summed E-state index contributed by atoms with van der Waals surface area (Å²) in [6.07, 6.45) is 1.90. The molecule has 8 aromatic carbocycles. The first-order valence-electron chi connectivity index (χ1n) is 16.6. The molecule has 0 saturated carbocycles. The van der Waals surface area contributed by atoms with E-state index in [1.165, 1.54) is 16.3 Å². The molecule has 0 atom stereocenters. The predicted molar refractivity (Wildman–Crippen MR) is 202 cm³/mol. The third kappa shape index (κ3) is 3.73. The minimum absolute atomic E-state index is 0.844. The van der Waals surface area contributed by atoms with Crippen LogP contribution in [0, 0.1) is 0 Å². The summed E-state index contributed by atoms with van der Waals surface area (Å²) < 4.78 is 19.5. The molecule has 0 N–H and O–H groups in total. The van der Waals surface area contributed by atoms with Crippen LogP contribution in [-0.4, -0.2) is 0 Å². The molecule has 3 aromatic heterocycles. The SMILES string of the molecule is c1ccc(-c2coc3c(-c4c5ccccc5c(-c5ccc6oc7ccccc7c6c5)c5ccccc45)c4c(cc23)oc2ccccc24)cc1. The Balaban J connectivity index is 1.31. The third-order valence-corrected chi connectivity index (χ3v) is 10.1. The van der Waals surface area contributed by atoms with Crippen molar-refractivity contribution in [2.45, 2.75) is 0 Å². The lowest BCUT2D eigenvalue weighted by Gasteiger charge is -2.18. The average molecular weight is 627 g/mol. The highest BCUT2D eigenvalue weighted by Gasteiger charge is 2.25. The van der Waals surface area contributed by atoms with Crippen LogP contribution in [-0.2, 0) is 0 Å². The minimum Gasteiger partial charge on any atom is -0.463 e. The van der Waals surface area contributed by atoms with E-state index in [1.807, 2.05) is 36.6 Å². The van der Waals surface area contributed by atoms with Gasteiger partial charge in [0.2, 0.25) is 0 Å². The van der Waals surface area contributed by atoms with Crippen molar-refractivity contribution in [3.05, 3.63) is 158 Å². The van der Waals surface area contributed by atoms with Crippen LogP contribution in [0.2, 0.25) is 0 Å². The second-order valence-corrected chi connectivity index (χ2v) is 12.8. The number of benzene rings is 8. The van der Waals surface area contributed by atoms with E-state index in [1.54, 1.807) is 0 Å². The van der Waals surface area contributed by atoms with E-state index in [-0.39, 0.29) is 0 Å². The molecular formula is C46H26O3. The monoisotopic (exact) mass is 626 g/mol. The van der Waals surface area contributed by atoms with Crippen molar-refractivity contribution in [3.63, 3.8) is 0 Å². The van der Waals surface area contributed by atoms with Crippen LogP contribution in [0.1, 0.15) is 0 Å². The molecule has 0 unspecified atom stereocenters. The van der Waals surface area contributed by atoms with Crippen LogP contribution >= 0.6 is 0 Å². The first-order chi connectivity index (χ1) is 24.3. The molecule has 0 radical (unpaired) electrons. The van der Waals surface area contributed by atoms with Crippen molar-refractivity contribution in [2.75, 3.05) is 0 Å². The summed E-state index contributed by atoms with van der Waals surface area (Å²) in [5.74, 6) is 0. The largest absolute Gasteiger partial charge is 0.463 e. The summed E-state index contributed by atoms with van der Waals surface area (Å²) in [4.78, 5) is 0. The van der Waals surface area contributed by atoms with E-state index in [4.69, 9.17) is 13.3 Å². The van der Waals surface area contributed by atoms with Gasteiger partial charge in [-0.25, -0.2) is 0 Å². The molecule has 0 aliphatic carbocycles. The number of hydrogen-bond donors (Lipinski definition) is 0. The fraction of sp³-hybridized carbons (Fsp3) is 0. The number of furan rings is 3. The van der Waals surface area contributed by atoms with Gasteiger partial charge in [0.25, 0.3) is 0 Å². The average Bonchev–Trinajstić information content (AvgIpc) is 3.86. The lowest BCUT2D eigenvalue weighted by molar-refractivity contribution is 0.618. The van der Waals surface area contributed by atoms with Crippen molar-refractivity contribution in [3.8, 4) is 33.4 Å². The highest BCUT2D eigenvalue weighted by atomic mass is 16.3. The standard InChI is InChI=1S/C46H26O3/c1-2-12-27(13-3-1)37-26-47-46-36(37)25-41-44(34-19-9-11-21-39(34)49-41)45(46)43-32-17-6-4-15-30(32)42(31-16-5-7-18-33(31)43)28-22-23-40-35(24-28)29-14-8-10-20-38(29)48-40/h1-26H. The van der Waals surface area contributed by atoms with E-state index >= 15 is 0 Å². The smallest absolute Gasteiger partial charge is 0.143 e. The molecule has 11 rings (SSSR count). The molecule has 11 aromatic rings. The summed E-state index contributed by atoms with van der Waals surface area (Å²) in [5, 5.41) is 10.1. The predicted octanol–water partition coefficient (Wildman–Crippen LogP) is 13.5. The molecular weight excluding hydrogens is 601 g/mol. The molecule has 0 aliphatic rings. The molecule has 3 nitrogen and oxygen atoms in total. The van der Waals surface area contributed by atoms with Crippen molar-refractivity contribution in [1.29, 1.82) is 0 Å². The van der Waals surface area contributed by atoms with Gasteiger partial charge in [0.15, 0.2) is 0 Å². The number of fused-ring (bicyclic) bond motifs is 9. The van der Waals surface area contributed by atoms with Gasteiger partial charge in [-0.1, -0.05) is 121 Å². The maximum absolute atomic E-state index is 6.66. The van der Waals surface area contributed by atoms with E-state index in [0.717, 1.165) is 93.4 Å². The van der Waals surface area contributed by atoms with Gasteiger partial charge >= 0.3 is 0 Å². The summed E-state index contributed by atoms with van der Waals surface area (Å²) in [7, 11) is 0. The molecule has 0 fully saturated rings. The topological polar surface area (TPSA) is 39.4 Å². The fourth-order valence-electron chi connectivity index (χ4n) is 8.04. The van der Waals surface area contributed by atoms with Crippen LogP contribution in [0.25, 0.3) is 110 Å². The zero-order valence-electron chi connectivity index (χ0n) is 26.2. The maximum Gasteiger partial charge on any atom is 0.143 e. The Hall–Kier alpha value is -6.58. The van der Waals surface area contributed by atoms with Gasteiger partial charge < -0.3 is 13.3 Å². The molecule has 49 heavy (non-hydrogen) atoms. The van der Waals surface area contributed by atoms with Crippen molar-refractivity contribution in [1.82, 2.24) is 0 Å². The second-order valence-electron chi connectivity index (χ2n) is 12.8. The summed E-state index contributed by atoms with van der Waals surface area (Å²) in [6.45, 7) is 0. The fourth-order valence-corrected chi connectivity index (χ4v) is 8.04. The Morgan fingerprint density at radius 1 is 0.327 bits per heavy atom. The number of para-hydroxylation sites is 2. The van der Waals surface area contributed by atoms with Crippen molar-refractivity contribution >= 4 is 76.4 Å². The Labute approximate surface area is 280 Å². The molecule has 0 bridgehead atoms. The van der Waals surface area contributed by atoms with Gasteiger partial charge in [0.05, 0.1) is 6.26 Å². The van der Waals surface area contributed by atoms with E-state index in [9.17, 15) is 0 Å². The maximum atomic E-state index is 6.66. The minimum atomic E-state index is 0.844. The second kappa shape index (κ2) is 9.96. The summed E-state index contributed by atoms with van der Waals surface area (Å²) in [6, 6.07) is 53.3.